The first kappa shape index (κ1) is 22.0. The van der Waals surface area contributed by atoms with Crippen molar-refractivity contribution < 1.29 is 27.8 Å². The van der Waals surface area contributed by atoms with Crippen molar-refractivity contribution in [3.8, 4) is 22.8 Å². The zero-order valence-electron chi connectivity index (χ0n) is 17.3. The van der Waals surface area contributed by atoms with Crippen LogP contribution in [0.15, 0.2) is 66.9 Å². The van der Waals surface area contributed by atoms with E-state index in [1.807, 2.05) is 48.5 Å². The quantitative estimate of drug-likeness (QED) is 0.568. The average molecular weight is 444 g/mol. The lowest BCUT2D eigenvalue weighted by molar-refractivity contribution is -0.137. The predicted molar refractivity (Wildman–Crippen MR) is 115 cm³/mol. The van der Waals surface area contributed by atoms with Crippen molar-refractivity contribution in [2.24, 2.45) is 0 Å². The monoisotopic (exact) mass is 444 g/mol. The maximum absolute atomic E-state index is 12.7. The fourth-order valence-corrected chi connectivity index (χ4v) is 3.69. The van der Waals surface area contributed by atoms with E-state index < -0.39 is 11.7 Å². The second kappa shape index (κ2) is 9.48. The summed E-state index contributed by atoms with van der Waals surface area (Å²) >= 11 is 0. The molecule has 0 aliphatic carbocycles. The zero-order valence-corrected chi connectivity index (χ0v) is 17.3. The highest BCUT2D eigenvalue weighted by Gasteiger charge is 2.31. The summed E-state index contributed by atoms with van der Waals surface area (Å²) in [5.74, 6) is 0.828. The summed E-state index contributed by atoms with van der Waals surface area (Å²) in [6.07, 6.45) is -3.15. The molecule has 0 spiro atoms. The first-order valence-corrected chi connectivity index (χ1v) is 10.3. The Labute approximate surface area is 184 Å². The van der Waals surface area contributed by atoms with Crippen LogP contribution in [0.3, 0.4) is 0 Å². The topological polar surface area (TPSA) is 54.8 Å². The molecule has 2 heterocycles. The molecule has 0 amide bonds. The van der Waals surface area contributed by atoms with E-state index >= 15 is 0 Å². The van der Waals surface area contributed by atoms with Crippen molar-refractivity contribution >= 4 is 5.69 Å². The van der Waals surface area contributed by atoms with E-state index in [4.69, 9.17) is 9.47 Å². The van der Waals surface area contributed by atoms with E-state index in [0.29, 0.717) is 25.3 Å². The van der Waals surface area contributed by atoms with Gasteiger partial charge >= 0.3 is 6.18 Å². The SMILES string of the molecule is OCCOc1cc(-c2ccccc2)ccc1N1CC[C@@H](Oc2ccc(C(F)(F)F)cn2)C1. The van der Waals surface area contributed by atoms with Crippen LogP contribution in [0, 0.1) is 0 Å². The minimum Gasteiger partial charge on any atom is -0.489 e. The van der Waals surface area contributed by atoms with Gasteiger partial charge < -0.3 is 19.5 Å². The molecule has 1 aliphatic heterocycles. The first-order chi connectivity index (χ1) is 15.4. The molecule has 1 aromatic heterocycles. The van der Waals surface area contributed by atoms with Crippen molar-refractivity contribution in [3.05, 3.63) is 72.4 Å². The largest absolute Gasteiger partial charge is 0.489 e. The van der Waals surface area contributed by atoms with Crippen LogP contribution in [0.5, 0.6) is 11.6 Å². The molecule has 0 saturated carbocycles. The number of ether oxygens (including phenoxy) is 2. The van der Waals surface area contributed by atoms with Gasteiger partial charge in [-0.2, -0.15) is 13.2 Å². The highest BCUT2D eigenvalue weighted by Crippen LogP contribution is 2.36. The maximum atomic E-state index is 12.7. The minimum atomic E-state index is -4.42. The lowest BCUT2D eigenvalue weighted by atomic mass is 10.0. The van der Waals surface area contributed by atoms with Crippen LogP contribution in [0.2, 0.25) is 0 Å². The van der Waals surface area contributed by atoms with Crippen LogP contribution < -0.4 is 14.4 Å². The molecule has 1 fully saturated rings. The van der Waals surface area contributed by atoms with Crippen LogP contribution in [-0.2, 0) is 6.18 Å². The summed E-state index contributed by atoms with van der Waals surface area (Å²) in [4.78, 5) is 5.90. The lowest BCUT2D eigenvalue weighted by Gasteiger charge is -2.23. The minimum absolute atomic E-state index is 0.0969. The number of hydrogen-bond acceptors (Lipinski definition) is 5. The van der Waals surface area contributed by atoms with Gasteiger partial charge in [0, 0.05) is 25.2 Å². The number of nitrogens with zero attached hydrogens (tertiary/aromatic N) is 2. The van der Waals surface area contributed by atoms with Gasteiger partial charge in [0.2, 0.25) is 5.88 Å². The molecular weight excluding hydrogens is 421 g/mol. The highest BCUT2D eigenvalue weighted by atomic mass is 19.4. The summed E-state index contributed by atoms with van der Waals surface area (Å²) in [6.45, 7) is 1.32. The first-order valence-electron chi connectivity index (χ1n) is 10.3. The number of aromatic nitrogens is 1. The summed E-state index contributed by atoms with van der Waals surface area (Å²) in [7, 11) is 0. The van der Waals surface area contributed by atoms with Gasteiger partial charge in [-0.3, -0.25) is 0 Å². The zero-order chi connectivity index (χ0) is 22.6. The van der Waals surface area contributed by atoms with Gasteiger partial charge in [0.15, 0.2) is 0 Å². The third-order valence-electron chi connectivity index (χ3n) is 5.25. The van der Waals surface area contributed by atoms with Crippen molar-refractivity contribution in [3.63, 3.8) is 0 Å². The number of aliphatic hydroxyl groups is 1. The van der Waals surface area contributed by atoms with Crippen LogP contribution >= 0.6 is 0 Å². The Morgan fingerprint density at radius 2 is 1.84 bits per heavy atom. The van der Waals surface area contributed by atoms with Gasteiger partial charge in [-0.25, -0.2) is 4.98 Å². The van der Waals surface area contributed by atoms with Gasteiger partial charge in [-0.1, -0.05) is 36.4 Å². The number of anilines is 1. The van der Waals surface area contributed by atoms with Gasteiger partial charge in [-0.15, -0.1) is 0 Å². The Bertz CT molecular complexity index is 1030. The van der Waals surface area contributed by atoms with Crippen molar-refractivity contribution in [1.82, 2.24) is 4.98 Å². The van der Waals surface area contributed by atoms with E-state index in [1.165, 1.54) is 6.07 Å². The van der Waals surface area contributed by atoms with Crippen LogP contribution in [-0.4, -0.2) is 42.5 Å². The van der Waals surface area contributed by atoms with Crippen molar-refractivity contribution in [2.45, 2.75) is 18.7 Å². The Hall–Kier alpha value is -3.26. The van der Waals surface area contributed by atoms with Gasteiger partial charge in [0.1, 0.15) is 18.5 Å². The molecule has 32 heavy (non-hydrogen) atoms. The molecule has 4 rings (SSSR count). The van der Waals surface area contributed by atoms with Crippen molar-refractivity contribution in [1.29, 1.82) is 0 Å². The molecule has 8 heteroatoms. The normalized spacial score (nSPS) is 16.2. The number of hydrogen-bond donors (Lipinski definition) is 1. The number of pyridine rings is 1. The third-order valence-corrected chi connectivity index (χ3v) is 5.25. The average Bonchev–Trinajstić information content (AvgIpc) is 3.26. The fourth-order valence-electron chi connectivity index (χ4n) is 3.69. The Balaban J connectivity index is 1.47. The number of aliphatic hydroxyl groups excluding tert-OH is 1. The van der Waals surface area contributed by atoms with Crippen LogP contribution in [0.1, 0.15) is 12.0 Å². The van der Waals surface area contributed by atoms with E-state index in [9.17, 15) is 18.3 Å². The van der Waals surface area contributed by atoms with Gasteiger partial charge in [0.05, 0.1) is 24.4 Å². The second-order valence-corrected chi connectivity index (χ2v) is 7.48. The van der Waals surface area contributed by atoms with E-state index in [0.717, 1.165) is 29.1 Å². The maximum Gasteiger partial charge on any atom is 0.417 e. The summed E-state index contributed by atoms with van der Waals surface area (Å²) in [5.41, 5.74) is 2.14. The van der Waals surface area contributed by atoms with Crippen LogP contribution in [0.25, 0.3) is 11.1 Å². The van der Waals surface area contributed by atoms with Gasteiger partial charge in [-0.05, 0) is 29.3 Å². The van der Waals surface area contributed by atoms with E-state index in [-0.39, 0.29) is 25.2 Å². The molecule has 1 atom stereocenters. The third kappa shape index (κ3) is 5.13. The molecule has 0 bridgehead atoms. The molecule has 3 aromatic rings. The standard InChI is InChI=1S/C24H23F3N2O3/c25-24(26,27)19-7-9-23(28-15-19)32-20-10-11-29(16-20)21-8-6-18(14-22(21)31-13-12-30)17-4-2-1-3-5-17/h1-9,14-15,20,30H,10-13,16H2/t20-/m1/s1. The molecule has 0 unspecified atom stereocenters. The highest BCUT2D eigenvalue weighted by molar-refractivity contribution is 5.71. The molecule has 1 saturated heterocycles. The summed E-state index contributed by atoms with van der Waals surface area (Å²) in [6, 6.07) is 18.1. The Kier molecular flexibility index (Phi) is 6.50. The van der Waals surface area contributed by atoms with E-state index in [1.54, 1.807) is 0 Å². The number of benzene rings is 2. The van der Waals surface area contributed by atoms with E-state index in [2.05, 4.69) is 9.88 Å². The molecule has 168 valence electrons. The van der Waals surface area contributed by atoms with Gasteiger partial charge in [0.25, 0.3) is 0 Å². The van der Waals surface area contributed by atoms with Crippen LogP contribution in [0.4, 0.5) is 18.9 Å². The molecular formula is C24H23F3N2O3. The Morgan fingerprint density at radius 3 is 2.53 bits per heavy atom. The molecule has 5 nitrogen and oxygen atoms in total. The second-order valence-electron chi connectivity index (χ2n) is 7.48. The molecule has 2 aromatic carbocycles. The molecule has 1 N–H and O–H groups in total. The molecule has 1 aliphatic rings. The Morgan fingerprint density at radius 1 is 1.03 bits per heavy atom. The summed E-state index contributed by atoms with van der Waals surface area (Å²) in [5, 5.41) is 9.21. The number of rotatable bonds is 7. The van der Waals surface area contributed by atoms with Crippen molar-refractivity contribution in [2.75, 3.05) is 31.2 Å². The number of halogens is 3. The lowest BCUT2D eigenvalue weighted by Crippen LogP contribution is -2.25. The summed E-state index contributed by atoms with van der Waals surface area (Å²) < 4.78 is 49.8. The smallest absolute Gasteiger partial charge is 0.417 e. The fraction of sp³-hybridized carbons (Fsp3) is 0.292. The number of alkyl halides is 3. The predicted octanol–water partition coefficient (Wildman–Crippen LogP) is 4.80. The molecule has 0 radical (unpaired) electrons.